The number of hydrogen-bond acceptors (Lipinski definition) is 10. The van der Waals surface area contributed by atoms with Crippen LogP contribution in [-0.4, -0.2) is 57.9 Å². The van der Waals surface area contributed by atoms with Gasteiger partial charge in [-0.2, -0.15) is 59.1 Å². The highest BCUT2D eigenvalue weighted by Crippen LogP contribution is 2.35. The van der Waals surface area contributed by atoms with E-state index >= 15 is 0 Å². The van der Waals surface area contributed by atoms with Gasteiger partial charge < -0.3 is 0 Å². The normalized spacial score (nSPS) is 12.5. The molecule has 8 aromatic rings. The second kappa shape index (κ2) is 18.5. The van der Waals surface area contributed by atoms with Gasteiger partial charge >= 0.3 is 18.5 Å². The minimum Gasteiger partial charge on any atom is -0.267 e. The van der Waals surface area contributed by atoms with Crippen molar-refractivity contribution in [2.24, 2.45) is 0 Å². The van der Waals surface area contributed by atoms with Gasteiger partial charge in [0.1, 0.15) is 21.4 Å². The number of nitrogens with zero attached hydrogens (tertiary/aromatic N) is 6. The molecule has 364 valence electrons. The lowest BCUT2D eigenvalue weighted by Gasteiger charge is -2.13. The molecule has 0 N–H and O–H groups in total. The van der Waals surface area contributed by atoms with Gasteiger partial charge in [0.15, 0.2) is 31.3 Å². The summed E-state index contributed by atoms with van der Waals surface area (Å²) in [5.74, 6) is -3.34. The minimum absolute atomic E-state index is 0.0163. The first-order valence-electron chi connectivity index (χ1n) is 19.9. The van der Waals surface area contributed by atoms with Crippen molar-refractivity contribution in [3.63, 3.8) is 0 Å². The zero-order chi connectivity index (χ0) is 51.3. The first-order chi connectivity index (χ1) is 32.6. The van der Waals surface area contributed by atoms with Crippen molar-refractivity contribution in [3.8, 4) is 33.9 Å². The van der Waals surface area contributed by atoms with Crippen LogP contribution in [0.2, 0.25) is 0 Å². The molecule has 0 radical (unpaired) electrons. The molecule has 0 spiro atoms. The molecule has 4 aromatic heterocycles. The van der Waals surface area contributed by atoms with E-state index in [9.17, 15) is 74.7 Å². The number of pyridine rings is 2. The van der Waals surface area contributed by atoms with E-state index in [1.807, 2.05) is 0 Å². The summed E-state index contributed by atoms with van der Waals surface area (Å²) in [6, 6.07) is 13.8. The van der Waals surface area contributed by atoms with E-state index < -0.39 is 99.0 Å². The molecule has 0 saturated heterocycles. The predicted molar refractivity (Wildman–Crippen MR) is 232 cm³/mol. The number of alkyl halides is 9. The van der Waals surface area contributed by atoms with E-state index in [1.54, 1.807) is 0 Å². The van der Waals surface area contributed by atoms with Crippen LogP contribution >= 0.6 is 0 Å². The highest BCUT2D eigenvalue weighted by atomic mass is 32.2. The molecule has 0 bridgehead atoms. The molecule has 4 heterocycles. The van der Waals surface area contributed by atoms with Gasteiger partial charge in [-0.1, -0.05) is 26.0 Å². The number of halogens is 11. The van der Waals surface area contributed by atoms with Crippen LogP contribution in [0.15, 0.2) is 135 Å². The number of aromatic nitrogens is 6. The van der Waals surface area contributed by atoms with E-state index in [0.717, 1.165) is 110 Å². The number of hydrogen-bond donors (Lipinski definition) is 0. The average molecular weight is 1020 g/mol. The maximum Gasteiger partial charge on any atom is 0.416 e. The third-order valence-electron chi connectivity index (χ3n) is 10.5. The van der Waals surface area contributed by atoms with Crippen molar-refractivity contribution >= 4 is 41.2 Å². The van der Waals surface area contributed by atoms with E-state index in [0.29, 0.717) is 15.4 Å². The Morgan fingerprint density at radius 1 is 0.457 bits per heavy atom. The van der Waals surface area contributed by atoms with E-state index in [4.69, 9.17) is 0 Å². The molecule has 0 unspecified atom stereocenters. The second-order valence-corrected chi connectivity index (χ2v) is 19.4. The molecular weight excluding hydrogens is 994 g/mol. The molecule has 8 rings (SSSR count). The lowest BCUT2D eigenvalue weighted by Crippen LogP contribution is -2.24. The lowest BCUT2D eigenvalue weighted by atomic mass is 10.1. The Hall–Kier alpha value is -7.41. The van der Waals surface area contributed by atoms with Crippen LogP contribution in [0.5, 0.6) is 0 Å². The van der Waals surface area contributed by atoms with Crippen molar-refractivity contribution < 1.29 is 65.1 Å². The van der Waals surface area contributed by atoms with Crippen molar-refractivity contribution in [2.75, 3.05) is 11.5 Å². The molecule has 0 aliphatic rings. The molecule has 0 atom stereocenters. The number of fused-ring (bicyclic) bond motifs is 2. The van der Waals surface area contributed by atoms with E-state index in [2.05, 4.69) is 20.2 Å². The molecule has 0 amide bonds. The quantitative estimate of drug-likeness (QED) is 0.134. The maximum absolute atomic E-state index is 13.7. The van der Waals surface area contributed by atoms with Crippen LogP contribution in [0, 0.1) is 11.6 Å². The molecule has 12 nitrogen and oxygen atoms in total. The Labute approximate surface area is 387 Å². The summed E-state index contributed by atoms with van der Waals surface area (Å²) in [5.41, 5.74) is -4.14. The summed E-state index contributed by atoms with van der Waals surface area (Å²) in [5, 5.41) is 7.18. The average Bonchev–Trinajstić information content (AvgIpc) is 3.30. The summed E-state index contributed by atoms with van der Waals surface area (Å²) in [4.78, 5) is 33.2. The lowest BCUT2D eigenvalue weighted by molar-refractivity contribution is -0.138. The smallest absolute Gasteiger partial charge is 0.267 e. The summed E-state index contributed by atoms with van der Waals surface area (Å²) < 4.78 is 196. The van der Waals surface area contributed by atoms with Crippen molar-refractivity contribution in [3.05, 3.63) is 165 Å². The fourth-order valence-corrected chi connectivity index (χ4v) is 8.88. The van der Waals surface area contributed by atoms with E-state index in [-0.39, 0.29) is 55.4 Å². The summed E-state index contributed by atoms with van der Waals surface area (Å²) in [6.07, 6.45) is -9.56. The van der Waals surface area contributed by atoms with Crippen molar-refractivity contribution in [2.45, 2.75) is 42.2 Å². The highest BCUT2D eigenvalue weighted by molar-refractivity contribution is 7.91. The van der Waals surface area contributed by atoms with Crippen LogP contribution in [0.4, 0.5) is 48.3 Å². The zero-order valence-electron chi connectivity index (χ0n) is 35.5. The number of rotatable bonds is 8. The minimum atomic E-state index is -4.64. The van der Waals surface area contributed by atoms with Crippen molar-refractivity contribution in [1.29, 1.82) is 0 Å². The zero-order valence-corrected chi connectivity index (χ0v) is 37.1. The highest BCUT2D eigenvalue weighted by Gasteiger charge is 2.33. The van der Waals surface area contributed by atoms with E-state index in [1.165, 1.54) is 13.8 Å². The number of sulfone groups is 2. The molecule has 0 saturated carbocycles. The molecule has 25 heteroatoms. The maximum atomic E-state index is 13.7. The molecular formula is C45H29F11N6O6S2. The summed E-state index contributed by atoms with van der Waals surface area (Å²) in [7, 11) is -8.05. The molecule has 70 heavy (non-hydrogen) atoms. The van der Waals surface area contributed by atoms with Crippen molar-refractivity contribution in [1.82, 2.24) is 29.5 Å². The van der Waals surface area contributed by atoms with Gasteiger partial charge in [-0.15, -0.1) is 0 Å². The fraction of sp³-hybridized carbons (Fsp3) is 0.156. The third-order valence-corrected chi connectivity index (χ3v) is 13.9. The Bertz CT molecular complexity index is 3690. The molecule has 0 fully saturated rings. The Balaban J connectivity index is 0.000000207. The predicted octanol–water partition coefficient (Wildman–Crippen LogP) is 9.82. The Morgan fingerprint density at radius 2 is 0.829 bits per heavy atom. The van der Waals surface area contributed by atoms with Crippen LogP contribution < -0.4 is 11.1 Å². The monoisotopic (exact) mass is 1020 g/mol. The number of benzene rings is 4. The van der Waals surface area contributed by atoms with Gasteiger partial charge in [-0.25, -0.2) is 35.6 Å². The Kier molecular flexibility index (Phi) is 13.3. The first-order valence-corrected chi connectivity index (χ1v) is 23.2. The van der Waals surface area contributed by atoms with Gasteiger partial charge in [0, 0.05) is 40.4 Å². The second-order valence-electron chi connectivity index (χ2n) is 15.0. The standard InChI is InChI=1S/C23H15F6N3O3S.C22H14F5N3O3S/c1-2-36(34,35)19-10-14(13-3-5-16(6-4-13)22(24,25)26)11-30-20(19)32-21(33)18-8-7-17(23(27,28)29)9-15(18)12-31-32;1-2-34(32,33)19-8-13(12-6-16(23)9-17(24)7-12)10-28-20(19)30-21(31)18-4-3-15(22(25,26)27)5-14(18)11-29-30/h3-12H,2H2,1H3;3-11H,2H2,1H3. The van der Waals surface area contributed by atoms with Crippen LogP contribution in [0.25, 0.3) is 55.4 Å². The fourth-order valence-electron chi connectivity index (χ4n) is 6.81. The Morgan fingerprint density at radius 3 is 1.20 bits per heavy atom. The summed E-state index contributed by atoms with van der Waals surface area (Å²) in [6.45, 7) is 2.70. The van der Waals surface area contributed by atoms with Gasteiger partial charge in [0.25, 0.3) is 11.1 Å². The van der Waals surface area contributed by atoms with Gasteiger partial charge in [0.05, 0.1) is 51.4 Å². The topological polar surface area (TPSA) is 164 Å². The molecule has 0 aliphatic carbocycles. The van der Waals surface area contributed by atoms with Gasteiger partial charge in [0.2, 0.25) is 0 Å². The third kappa shape index (κ3) is 10.3. The molecule has 0 aliphatic heterocycles. The van der Waals surface area contributed by atoms with Crippen LogP contribution in [0.3, 0.4) is 0 Å². The SMILES string of the molecule is CCS(=O)(=O)c1cc(-c2cc(F)cc(F)c2)cnc1-n1ncc2cc(C(F)(F)F)ccc2c1=O.CCS(=O)(=O)c1cc(-c2ccc(C(F)(F)F)cc2)cnc1-n1ncc2cc(C(F)(F)F)ccc2c1=O. The largest absolute Gasteiger partial charge is 0.416 e. The summed E-state index contributed by atoms with van der Waals surface area (Å²) >= 11 is 0. The van der Waals surface area contributed by atoms with Crippen LogP contribution in [0.1, 0.15) is 30.5 Å². The van der Waals surface area contributed by atoms with Gasteiger partial charge in [-0.05, 0) is 83.9 Å². The molecule has 4 aromatic carbocycles. The first kappa shape index (κ1) is 50.5. The van der Waals surface area contributed by atoms with Crippen LogP contribution in [-0.2, 0) is 38.2 Å². The van der Waals surface area contributed by atoms with Gasteiger partial charge in [-0.3, -0.25) is 9.59 Å².